The molecule has 0 amide bonds. The highest BCUT2D eigenvalue weighted by Crippen LogP contribution is 2.17. The maximum atomic E-state index is 13.5. The maximum absolute atomic E-state index is 13.5. The van der Waals surface area contributed by atoms with Gasteiger partial charge >= 0.3 is 5.97 Å². The average Bonchev–Trinajstić information content (AvgIpc) is 2.29. The summed E-state index contributed by atoms with van der Waals surface area (Å²) >= 11 is 0. The minimum Gasteiger partial charge on any atom is -0.465 e. The van der Waals surface area contributed by atoms with E-state index in [4.69, 9.17) is 0 Å². The lowest BCUT2D eigenvalue weighted by molar-refractivity contribution is -0.107. The first-order valence-electron chi connectivity index (χ1n) is 4.91. The number of esters is 1. The summed E-state index contributed by atoms with van der Waals surface area (Å²) in [6.45, 7) is 1.52. The van der Waals surface area contributed by atoms with E-state index < -0.39 is 11.8 Å². The van der Waals surface area contributed by atoms with Crippen molar-refractivity contribution in [3.05, 3.63) is 34.6 Å². The van der Waals surface area contributed by atoms with Crippen molar-refractivity contribution in [1.29, 1.82) is 0 Å². The second-order valence-corrected chi connectivity index (χ2v) is 3.45. The molecule has 0 fully saturated rings. The number of methoxy groups -OCH3 is 1. The zero-order valence-corrected chi connectivity index (χ0v) is 9.25. The molecule has 3 nitrogen and oxygen atoms in total. The van der Waals surface area contributed by atoms with Crippen LogP contribution in [0.4, 0.5) is 4.39 Å². The van der Waals surface area contributed by atoms with Gasteiger partial charge in [0.1, 0.15) is 12.1 Å². The van der Waals surface area contributed by atoms with Gasteiger partial charge in [-0.25, -0.2) is 9.18 Å². The largest absolute Gasteiger partial charge is 0.465 e. The van der Waals surface area contributed by atoms with Crippen LogP contribution in [0.1, 0.15) is 27.9 Å². The first-order chi connectivity index (χ1) is 7.60. The van der Waals surface area contributed by atoms with E-state index in [1.54, 1.807) is 6.07 Å². The zero-order valence-electron chi connectivity index (χ0n) is 9.25. The molecule has 0 N–H and O–H groups in total. The zero-order chi connectivity index (χ0) is 12.1. The van der Waals surface area contributed by atoms with Gasteiger partial charge < -0.3 is 9.53 Å². The van der Waals surface area contributed by atoms with Gasteiger partial charge in [0.25, 0.3) is 0 Å². The highest BCUT2D eigenvalue weighted by molar-refractivity contribution is 5.91. The molecule has 0 unspecified atom stereocenters. The lowest BCUT2D eigenvalue weighted by Crippen LogP contribution is -2.06. The fraction of sp³-hybridized carbons (Fsp3) is 0.333. The van der Waals surface area contributed by atoms with Gasteiger partial charge in [0.15, 0.2) is 0 Å². The quantitative estimate of drug-likeness (QED) is 0.580. The van der Waals surface area contributed by atoms with Crippen molar-refractivity contribution >= 4 is 12.3 Å². The van der Waals surface area contributed by atoms with E-state index in [9.17, 15) is 14.0 Å². The van der Waals surface area contributed by atoms with Gasteiger partial charge in [0.2, 0.25) is 0 Å². The Morgan fingerprint density at radius 2 is 2.19 bits per heavy atom. The smallest absolute Gasteiger partial charge is 0.338 e. The van der Waals surface area contributed by atoms with Gasteiger partial charge in [0, 0.05) is 6.42 Å². The lowest BCUT2D eigenvalue weighted by atomic mass is 10.0. The Kier molecular flexibility index (Phi) is 4.17. The Balaban J connectivity index is 3.11. The molecule has 1 rings (SSSR count). The molecule has 0 aliphatic carbocycles. The summed E-state index contributed by atoms with van der Waals surface area (Å²) in [5.41, 5.74) is 1.10. The van der Waals surface area contributed by atoms with E-state index >= 15 is 0 Å². The predicted octanol–water partition coefficient (Wildman–Crippen LogP) is 2.05. The topological polar surface area (TPSA) is 43.4 Å². The van der Waals surface area contributed by atoms with Crippen LogP contribution >= 0.6 is 0 Å². The summed E-state index contributed by atoms with van der Waals surface area (Å²) in [6, 6.07) is 2.90. The van der Waals surface area contributed by atoms with Gasteiger partial charge in [-0.15, -0.1) is 0 Å². The van der Waals surface area contributed by atoms with Crippen LogP contribution in [0.5, 0.6) is 0 Å². The van der Waals surface area contributed by atoms with Crippen molar-refractivity contribution in [2.24, 2.45) is 0 Å². The summed E-state index contributed by atoms with van der Waals surface area (Å²) in [4.78, 5) is 21.6. The summed E-state index contributed by atoms with van der Waals surface area (Å²) in [5, 5.41) is 0. The van der Waals surface area contributed by atoms with Crippen LogP contribution in [0.15, 0.2) is 12.1 Å². The van der Waals surface area contributed by atoms with Gasteiger partial charge in [-0.1, -0.05) is 0 Å². The molecule has 0 saturated heterocycles. The number of aryl methyl sites for hydroxylation is 1. The highest BCUT2D eigenvalue weighted by Gasteiger charge is 2.14. The molecule has 4 heteroatoms. The minimum atomic E-state index is -0.565. The summed E-state index contributed by atoms with van der Waals surface area (Å²) in [6.07, 6.45) is 1.49. The van der Waals surface area contributed by atoms with Crippen LogP contribution in [-0.4, -0.2) is 19.4 Å². The van der Waals surface area contributed by atoms with Crippen molar-refractivity contribution < 1.29 is 18.7 Å². The monoisotopic (exact) mass is 224 g/mol. The van der Waals surface area contributed by atoms with Crippen LogP contribution in [0.3, 0.4) is 0 Å². The first kappa shape index (κ1) is 12.4. The Labute approximate surface area is 93.2 Å². The molecule has 0 aliphatic rings. The number of hydrogen-bond acceptors (Lipinski definition) is 3. The number of halogens is 1. The standard InChI is InChI=1S/C12H13FO3/c1-8-10(12(15)16-2)6-9(4-3-5-14)7-11(8)13/h5-7H,3-4H2,1-2H3. The van der Waals surface area contributed by atoms with Crippen LogP contribution in [-0.2, 0) is 16.0 Å². The predicted molar refractivity (Wildman–Crippen MR) is 56.9 cm³/mol. The van der Waals surface area contributed by atoms with Crippen molar-refractivity contribution in [2.45, 2.75) is 19.8 Å². The number of rotatable bonds is 4. The van der Waals surface area contributed by atoms with Gasteiger partial charge in [-0.3, -0.25) is 0 Å². The third-order valence-corrected chi connectivity index (χ3v) is 2.36. The molecule has 0 saturated carbocycles. The summed E-state index contributed by atoms with van der Waals surface area (Å²) in [7, 11) is 1.25. The third kappa shape index (κ3) is 2.66. The number of ether oxygens (including phenoxy) is 1. The van der Waals surface area contributed by atoms with Crippen LogP contribution in [0.25, 0.3) is 0 Å². The minimum absolute atomic E-state index is 0.211. The Hall–Kier alpha value is -1.71. The van der Waals surface area contributed by atoms with E-state index in [2.05, 4.69) is 4.74 Å². The molecule has 16 heavy (non-hydrogen) atoms. The van der Waals surface area contributed by atoms with Crippen LogP contribution in [0.2, 0.25) is 0 Å². The number of carbonyl (C=O) groups is 2. The van der Waals surface area contributed by atoms with Gasteiger partial charge in [-0.05, 0) is 36.6 Å². The summed E-state index contributed by atoms with van der Waals surface area (Å²) < 4.78 is 18.0. The van der Waals surface area contributed by atoms with Crippen molar-refractivity contribution in [1.82, 2.24) is 0 Å². The normalized spacial score (nSPS) is 9.94. The van der Waals surface area contributed by atoms with E-state index in [0.717, 1.165) is 6.29 Å². The van der Waals surface area contributed by atoms with Crippen LogP contribution in [0, 0.1) is 12.7 Å². The molecule has 0 spiro atoms. The number of carbonyl (C=O) groups excluding carboxylic acids is 2. The molecule has 1 aromatic rings. The maximum Gasteiger partial charge on any atom is 0.338 e. The van der Waals surface area contributed by atoms with E-state index in [-0.39, 0.29) is 11.1 Å². The highest BCUT2D eigenvalue weighted by atomic mass is 19.1. The molecular formula is C12H13FO3. The van der Waals surface area contributed by atoms with Crippen molar-refractivity contribution in [3.63, 3.8) is 0 Å². The number of benzene rings is 1. The van der Waals surface area contributed by atoms with Crippen molar-refractivity contribution in [3.8, 4) is 0 Å². The molecule has 0 aromatic heterocycles. The molecular weight excluding hydrogens is 211 g/mol. The fourth-order valence-corrected chi connectivity index (χ4v) is 1.43. The van der Waals surface area contributed by atoms with E-state index in [1.807, 2.05) is 0 Å². The average molecular weight is 224 g/mol. The fourth-order valence-electron chi connectivity index (χ4n) is 1.43. The molecule has 86 valence electrons. The lowest BCUT2D eigenvalue weighted by Gasteiger charge is -2.07. The Morgan fingerprint density at radius 3 is 2.75 bits per heavy atom. The molecule has 0 heterocycles. The number of hydrogen-bond donors (Lipinski definition) is 0. The molecule has 0 atom stereocenters. The first-order valence-corrected chi connectivity index (χ1v) is 4.91. The van der Waals surface area contributed by atoms with Crippen LogP contribution < -0.4 is 0 Å². The third-order valence-electron chi connectivity index (χ3n) is 2.36. The SMILES string of the molecule is COC(=O)c1cc(CCC=O)cc(F)c1C. The molecule has 0 radical (unpaired) electrons. The second kappa shape index (κ2) is 5.39. The molecule has 0 bridgehead atoms. The summed E-state index contributed by atoms with van der Waals surface area (Å²) in [5.74, 6) is -1.02. The van der Waals surface area contributed by atoms with Gasteiger partial charge in [0.05, 0.1) is 12.7 Å². The Bertz CT molecular complexity index is 413. The molecule has 1 aromatic carbocycles. The van der Waals surface area contributed by atoms with Gasteiger partial charge in [-0.2, -0.15) is 0 Å². The van der Waals surface area contributed by atoms with Crippen molar-refractivity contribution in [2.75, 3.05) is 7.11 Å². The molecule has 0 aliphatic heterocycles. The van der Waals surface area contributed by atoms with E-state index in [0.29, 0.717) is 18.4 Å². The van der Waals surface area contributed by atoms with E-state index in [1.165, 1.54) is 20.1 Å². The second-order valence-electron chi connectivity index (χ2n) is 3.45. The number of aldehydes is 1. The Morgan fingerprint density at radius 1 is 1.50 bits per heavy atom.